The standard InChI is InChI=1S/C19H18ClNO3S/c1-13-7-8-14(11-15(13)20)9-10-19(23)24-12-18(22)21-16-5-3-4-6-17(16)25-2/h3-11H,12H2,1-2H3,(H,21,22)/b10-9+. The molecule has 0 bridgehead atoms. The van der Waals surface area contributed by atoms with Gasteiger partial charge in [-0.05, 0) is 48.6 Å². The molecule has 0 radical (unpaired) electrons. The third kappa shape index (κ3) is 5.96. The van der Waals surface area contributed by atoms with Crippen LogP contribution in [-0.4, -0.2) is 24.7 Å². The Kier molecular flexibility index (Phi) is 7.10. The van der Waals surface area contributed by atoms with Gasteiger partial charge < -0.3 is 10.1 Å². The molecular formula is C19H18ClNO3S. The van der Waals surface area contributed by atoms with Crippen LogP contribution in [0.25, 0.3) is 6.08 Å². The number of para-hydroxylation sites is 1. The maximum absolute atomic E-state index is 11.9. The molecule has 0 saturated carbocycles. The van der Waals surface area contributed by atoms with Gasteiger partial charge in [0.1, 0.15) is 0 Å². The molecule has 2 aromatic carbocycles. The van der Waals surface area contributed by atoms with E-state index in [1.165, 1.54) is 17.8 Å². The zero-order chi connectivity index (χ0) is 18.2. The number of hydrogen-bond donors (Lipinski definition) is 1. The van der Waals surface area contributed by atoms with Crippen LogP contribution in [0.4, 0.5) is 5.69 Å². The summed E-state index contributed by atoms with van der Waals surface area (Å²) in [4.78, 5) is 24.6. The summed E-state index contributed by atoms with van der Waals surface area (Å²) in [6, 6.07) is 12.9. The van der Waals surface area contributed by atoms with Crippen molar-refractivity contribution in [1.82, 2.24) is 0 Å². The predicted molar refractivity (Wildman–Crippen MR) is 103 cm³/mol. The van der Waals surface area contributed by atoms with Gasteiger partial charge in [0.05, 0.1) is 5.69 Å². The van der Waals surface area contributed by atoms with Gasteiger partial charge in [0, 0.05) is 16.0 Å². The molecule has 0 heterocycles. The largest absolute Gasteiger partial charge is 0.452 e. The number of hydrogen-bond acceptors (Lipinski definition) is 4. The third-order valence-electron chi connectivity index (χ3n) is 3.33. The number of carbonyl (C=O) groups excluding carboxylic acids is 2. The van der Waals surface area contributed by atoms with E-state index in [0.29, 0.717) is 10.7 Å². The first-order valence-electron chi connectivity index (χ1n) is 7.53. The van der Waals surface area contributed by atoms with E-state index >= 15 is 0 Å². The lowest BCUT2D eigenvalue weighted by Gasteiger charge is -2.09. The zero-order valence-electron chi connectivity index (χ0n) is 13.9. The molecule has 130 valence electrons. The molecule has 0 unspecified atom stereocenters. The molecular weight excluding hydrogens is 358 g/mol. The van der Waals surface area contributed by atoms with Crippen molar-refractivity contribution in [3.63, 3.8) is 0 Å². The van der Waals surface area contributed by atoms with Gasteiger partial charge in [0.25, 0.3) is 5.91 Å². The number of benzene rings is 2. The highest BCUT2D eigenvalue weighted by Gasteiger charge is 2.08. The minimum Gasteiger partial charge on any atom is -0.452 e. The number of amides is 1. The van der Waals surface area contributed by atoms with E-state index < -0.39 is 5.97 Å². The average molecular weight is 376 g/mol. The molecule has 0 aliphatic heterocycles. The summed E-state index contributed by atoms with van der Waals surface area (Å²) in [5.74, 6) is -0.980. The molecule has 1 N–H and O–H groups in total. The first-order valence-corrected chi connectivity index (χ1v) is 9.13. The molecule has 25 heavy (non-hydrogen) atoms. The summed E-state index contributed by atoms with van der Waals surface area (Å²) in [6.45, 7) is 1.55. The fourth-order valence-corrected chi connectivity index (χ4v) is 2.74. The van der Waals surface area contributed by atoms with Crippen molar-refractivity contribution in [3.05, 3.63) is 64.7 Å². The zero-order valence-corrected chi connectivity index (χ0v) is 15.5. The number of esters is 1. The number of rotatable bonds is 6. The molecule has 0 aliphatic carbocycles. The third-order valence-corrected chi connectivity index (χ3v) is 4.54. The molecule has 0 fully saturated rings. The second-order valence-corrected chi connectivity index (χ2v) is 6.45. The van der Waals surface area contributed by atoms with Crippen LogP contribution in [0.2, 0.25) is 5.02 Å². The lowest BCUT2D eigenvalue weighted by Crippen LogP contribution is -2.20. The summed E-state index contributed by atoms with van der Waals surface area (Å²) < 4.78 is 4.95. The number of thioether (sulfide) groups is 1. The van der Waals surface area contributed by atoms with E-state index in [2.05, 4.69) is 5.32 Å². The Morgan fingerprint density at radius 1 is 1.24 bits per heavy atom. The van der Waals surface area contributed by atoms with Crippen molar-refractivity contribution in [1.29, 1.82) is 0 Å². The van der Waals surface area contributed by atoms with Gasteiger partial charge in [-0.1, -0.05) is 35.9 Å². The van der Waals surface area contributed by atoms with Crippen molar-refractivity contribution >= 4 is 47.0 Å². The van der Waals surface area contributed by atoms with Crippen molar-refractivity contribution in [3.8, 4) is 0 Å². The minimum atomic E-state index is -0.593. The number of nitrogens with one attached hydrogen (secondary N) is 1. The van der Waals surface area contributed by atoms with Crippen LogP contribution < -0.4 is 5.32 Å². The fraction of sp³-hybridized carbons (Fsp3) is 0.158. The van der Waals surface area contributed by atoms with E-state index in [1.54, 1.807) is 18.2 Å². The van der Waals surface area contributed by atoms with E-state index in [4.69, 9.17) is 16.3 Å². The summed E-state index contributed by atoms with van der Waals surface area (Å²) in [6.07, 6.45) is 4.78. The van der Waals surface area contributed by atoms with E-state index in [0.717, 1.165) is 16.0 Å². The van der Waals surface area contributed by atoms with Crippen molar-refractivity contribution in [2.24, 2.45) is 0 Å². The predicted octanol–water partition coefficient (Wildman–Crippen LogP) is 4.57. The average Bonchev–Trinajstić information content (AvgIpc) is 2.61. The van der Waals surface area contributed by atoms with E-state index in [1.807, 2.05) is 43.5 Å². The molecule has 0 aliphatic rings. The maximum Gasteiger partial charge on any atom is 0.331 e. The number of carbonyl (C=O) groups is 2. The summed E-state index contributed by atoms with van der Waals surface area (Å²) in [7, 11) is 0. The first-order chi connectivity index (χ1) is 12.0. The van der Waals surface area contributed by atoms with Crippen molar-refractivity contribution < 1.29 is 14.3 Å². The number of ether oxygens (including phenoxy) is 1. The Balaban J connectivity index is 1.85. The van der Waals surface area contributed by atoms with Gasteiger partial charge in [-0.2, -0.15) is 0 Å². The quantitative estimate of drug-likeness (QED) is 0.456. The Hall–Kier alpha value is -2.24. The van der Waals surface area contributed by atoms with Gasteiger partial charge in [0.2, 0.25) is 0 Å². The van der Waals surface area contributed by atoms with Crippen LogP contribution in [0.3, 0.4) is 0 Å². The minimum absolute atomic E-state index is 0.347. The summed E-state index contributed by atoms with van der Waals surface area (Å²) in [5, 5.41) is 3.35. The molecule has 0 saturated heterocycles. The highest BCUT2D eigenvalue weighted by molar-refractivity contribution is 7.98. The first kappa shape index (κ1) is 19.1. The molecule has 1 amide bonds. The molecule has 0 spiro atoms. The normalized spacial score (nSPS) is 10.7. The van der Waals surface area contributed by atoms with Crippen LogP contribution in [0.1, 0.15) is 11.1 Å². The Labute approximate surface area is 156 Å². The lowest BCUT2D eigenvalue weighted by atomic mass is 10.1. The SMILES string of the molecule is CSc1ccccc1NC(=O)COC(=O)/C=C/c1ccc(C)c(Cl)c1. The molecule has 0 aromatic heterocycles. The number of aryl methyl sites for hydroxylation is 1. The van der Waals surface area contributed by atoms with Gasteiger partial charge >= 0.3 is 5.97 Å². The molecule has 4 nitrogen and oxygen atoms in total. The van der Waals surface area contributed by atoms with Crippen LogP contribution >= 0.6 is 23.4 Å². The number of halogens is 1. The van der Waals surface area contributed by atoms with Crippen LogP contribution in [0.5, 0.6) is 0 Å². The molecule has 6 heteroatoms. The van der Waals surface area contributed by atoms with Crippen molar-refractivity contribution in [2.75, 3.05) is 18.2 Å². The number of anilines is 1. The fourth-order valence-electron chi connectivity index (χ4n) is 2.00. The smallest absolute Gasteiger partial charge is 0.331 e. The second-order valence-electron chi connectivity index (χ2n) is 5.20. The van der Waals surface area contributed by atoms with E-state index in [-0.39, 0.29) is 12.5 Å². The summed E-state index contributed by atoms with van der Waals surface area (Å²) >= 11 is 7.55. The maximum atomic E-state index is 11.9. The Morgan fingerprint density at radius 3 is 2.72 bits per heavy atom. The monoisotopic (exact) mass is 375 g/mol. The van der Waals surface area contributed by atoms with Crippen LogP contribution in [-0.2, 0) is 14.3 Å². The molecule has 2 rings (SSSR count). The molecule has 2 aromatic rings. The van der Waals surface area contributed by atoms with Crippen molar-refractivity contribution in [2.45, 2.75) is 11.8 Å². The Morgan fingerprint density at radius 2 is 2.00 bits per heavy atom. The van der Waals surface area contributed by atoms with Gasteiger partial charge in [-0.25, -0.2) is 4.79 Å². The Bertz CT molecular complexity index is 805. The lowest BCUT2D eigenvalue weighted by molar-refractivity contribution is -0.142. The highest BCUT2D eigenvalue weighted by Crippen LogP contribution is 2.24. The topological polar surface area (TPSA) is 55.4 Å². The summed E-state index contributed by atoms with van der Waals surface area (Å²) in [5.41, 5.74) is 2.44. The van der Waals surface area contributed by atoms with E-state index in [9.17, 15) is 9.59 Å². The molecule has 0 atom stereocenters. The van der Waals surface area contributed by atoms with Crippen LogP contribution in [0.15, 0.2) is 53.4 Å². The second kappa shape index (κ2) is 9.30. The van der Waals surface area contributed by atoms with Gasteiger partial charge in [0.15, 0.2) is 6.61 Å². The van der Waals surface area contributed by atoms with Gasteiger partial charge in [-0.3, -0.25) is 4.79 Å². The van der Waals surface area contributed by atoms with Crippen LogP contribution in [0, 0.1) is 6.92 Å². The van der Waals surface area contributed by atoms with Gasteiger partial charge in [-0.15, -0.1) is 11.8 Å². The highest BCUT2D eigenvalue weighted by atomic mass is 35.5.